The van der Waals surface area contributed by atoms with Crippen LogP contribution in [0.2, 0.25) is 0 Å². The van der Waals surface area contributed by atoms with Gasteiger partial charge in [0.25, 0.3) is 35.0 Å². The van der Waals surface area contributed by atoms with Crippen LogP contribution in [0.5, 0.6) is 0 Å². The standard InChI is InChI=1S/C41H42O20/c1-5-39(21-23-53-25(3)43)56-32(46)27(33(47)57-39)13-9-7-11-15-29-36(50)60-41(61-37(29)51)18-16-40(17-19-41)58-34(48)28(35(49)59-40)14-10-6-8-12-26-30(44)54-38(4,55-31(26)45)20-22-52-24(2)42/h6-15,44,46H,5,16-23H2,1-4H3. The second-order valence-corrected chi connectivity index (χ2v) is 14.0. The molecule has 2 unspecified atom stereocenters. The molecule has 0 bridgehead atoms. The molecule has 20 heteroatoms. The summed E-state index contributed by atoms with van der Waals surface area (Å²) in [7, 11) is 0. The number of aliphatic hydroxyl groups excluding tert-OH is 2. The number of hydrogen-bond acceptors (Lipinski definition) is 20. The summed E-state index contributed by atoms with van der Waals surface area (Å²) in [5.74, 6) is -14.9. The molecule has 1 saturated carbocycles. The van der Waals surface area contributed by atoms with Gasteiger partial charge in [0.05, 0.1) is 26.1 Å². The van der Waals surface area contributed by atoms with E-state index in [0.717, 1.165) is 18.2 Å². The Bertz CT molecular complexity index is 2070. The van der Waals surface area contributed by atoms with Gasteiger partial charge >= 0.3 is 47.8 Å². The Labute approximate surface area is 347 Å². The van der Waals surface area contributed by atoms with Crippen LogP contribution in [0.3, 0.4) is 0 Å². The Kier molecular flexibility index (Phi) is 13.6. The number of cyclic esters (lactones) is 2. The normalized spacial score (nSPS) is 28.1. The first-order valence-corrected chi connectivity index (χ1v) is 18.8. The largest absolute Gasteiger partial charge is 0.480 e. The molecule has 2 N–H and O–H groups in total. The molecule has 2 atom stereocenters. The van der Waals surface area contributed by atoms with Crippen LogP contribution < -0.4 is 0 Å². The maximum absolute atomic E-state index is 12.9. The van der Waals surface area contributed by atoms with E-state index in [0.29, 0.717) is 0 Å². The van der Waals surface area contributed by atoms with E-state index in [-0.39, 0.29) is 69.3 Å². The highest BCUT2D eigenvalue weighted by Gasteiger charge is 2.57. The van der Waals surface area contributed by atoms with Gasteiger partial charge in [0.15, 0.2) is 0 Å². The van der Waals surface area contributed by atoms with Gasteiger partial charge in [-0.3, -0.25) is 9.59 Å². The van der Waals surface area contributed by atoms with Crippen molar-refractivity contribution in [2.24, 2.45) is 0 Å². The highest BCUT2D eigenvalue weighted by Crippen LogP contribution is 2.45. The molecule has 3 fully saturated rings. The van der Waals surface area contributed by atoms with E-state index >= 15 is 0 Å². The van der Waals surface area contributed by atoms with Crippen molar-refractivity contribution in [3.05, 3.63) is 94.9 Å². The van der Waals surface area contributed by atoms with Gasteiger partial charge in [0.2, 0.25) is 0 Å². The summed E-state index contributed by atoms with van der Waals surface area (Å²) in [5.41, 5.74) is -1.55. The summed E-state index contributed by atoms with van der Waals surface area (Å²) in [6.07, 6.45) is 11.7. The first-order valence-electron chi connectivity index (χ1n) is 18.8. The van der Waals surface area contributed by atoms with Crippen LogP contribution in [-0.2, 0) is 85.7 Å². The molecule has 5 aliphatic rings. The van der Waals surface area contributed by atoms with Gasteiger partial charge in [-0.15, -0.1) is 0 Å². The highest BCUT2D eigenvalue weighted by molar-refractivity contribution is 6.16. The summed E-state index contributed by atoms with van der Waals surface area (Å²) in [6, 6.07) is 0. The van der Waals surface area contributed by atoms with E-state index in [1.54, 1.807) is 6.92 Å². The van der Waals surface area contributed by atoms with Crippen LogP contribution in [0.1, 0.15) is 72.6 Å². The Morgan fingerprint density at radius 1 is 0.557 bits per heavy atom. The lowest BCUT2D eigenvalue weighted by atomic mass is 9.87. The number of hydrogen-bond donors (Lipinski definition) is 2. The summed E-state index contributed by atoms with van der Waals surface area (Å²) >= 11 is 0. The number of aliphatic hydroxyl groups is 2. The molecule has 0 aromatic heterocycles. The number of esters is 8. The number of carbonyl (C=O) groups is 8. The van der Waals surface area contributed by atoms with Crippen molar-refractivity contribution in [1.29, 1.82) is 0 Å². The Morgan fingerprint density at radius 3 is 1.36 bits per heavy atom. The van der Waals surface area contributed by atoms with Crippen molar-refractivity contribution in [2.45, 2.75) is 95.8 Å². The molecule has 20 nitrogen and oxygen atoms in total. The Balaban J connectivity index is 1.11. The fourth-order valence-corrected chi connectivity index (χ4v) is 6.25. The van der Waals surface area contributed by atoms with Crippen molar-refractivity contribution in [3.63, 3.8) is 0 Å². The van der Waals surface area contributed by atoms with Crippen molar-refractivity contribution in [3.8, 4) is 0 Å². The average Bonchev–Trinajstić information content (AvgIpc) is 3.16. The zero-order valence-electron chi connectivity index (χ0n) is 33.4. The topological polar surface area (TPSA) is 269 Å². The average molecular weight is 855 g/mol. The third kappa shape index (κ3) is 10.9. The molecule has 0 aromatic carbocycles. The predicted molar refractivity (Wildman–Crippen MR) is 199 cm³/mol. The van der Waals surface area contributed by atoms with E-state index in [1.807, 2.05) is 0 Å². The smallest absolute Gasteiger partial charge is 0.348 e. The quantitative estimate of drug-likeness (QED) is 0.0880. The first kappa shape index (κ1) is 45.0. The third-order valence-electron chi connectivity index (χ3n) is 9.54. The van der Waals surface area contributed by atoms with Gasteiger partial charge < -0.3 is 57.6 Å². The van der Waals surface area contributed by atoms with Gasteiger partial charge in [-0.25, -0.2) is 28.8 Å². The zero-order valence-corrected chi connectivity index (χ0v) is 33.4. The molecule has 5 rings (SSSR count). The van der Waals surface area contributed by atoms with Gasteiger partial charge in [0.1, 0.15) is 22.3 Å². The fourth-order valence-electron chi connectivity index (χ4n) is 6.25. The van der Waals surface area contributed by atoms with Gasteiger partial charge in [-0.2, -0.15) is 0 Å². The van der Waals surface area contributed by atoms with Crippen LogP contribution in [0.4, 0.5) is 0 Å². The monoisotopic (exact) mass is 854 g/mol. The highest BCUT2D eigenvalue weighted by atomic mass is 16.8. The molecule has 0 amide bonds. The molecule has 1 aliphatic carbocycles. The van der Waals surface area contributed by atoms with Crippen LogP contribution in [0, 0.1) is 0 Å². The molecule has 2 spiro atoms. The molecule has 0 radical (unpaired) electrons. The zero-order chi connectivity index (χ0) is 44.6. The summed E-state index contributed by atoms with van der Waals surface area (Å²) in [5, 5.41) is 20.6. The van der Waals surface area contributed by atoms with E-state index < -0.39 is 93.9 Å². The van der Waals surface area contributed by atoms with E-state index in [9.17, 15) is 48.6 Å². The van der Waals surface area contributed by atoms with Crippen LogP contribution >= 0.6 is 0 Å². The lowest BCUT2D eigenvalue weighted by Crippen LogP contribution is -2.56. The Hall–Kier alpha value is -7.12. The van der Waals surface area contributed by atoms with Crippen LogP contribution in [0.25, 0.3) is 0 Å². The minimum atomic E-state index is -1.72. The number of rotatable bonds is 13. The molecule has 2 saturated heterocycles. The first-order chi connectivity index (χ1) is 28.8. The predicted octanol–water partition coefficient (Wildman–Crippen LogP) is 3.65. The van der Waals surface area contributed by atoms with Crippen molar-refractivity contribution < 1.29 is 95.9 Å². The summed E-state index contributed by atoms with van der Waals surface area (Å²) in [4.78, 5) is 98.7. The SMILES string of the molecule is CCC1(CCOC(C)=O)OC(=O)C(C=CC=CC=C2C(=O)OC3(CCC4(CC3)OC(=O)C(=CC=CC=CC3=C(O)OC(C)(CCOC(C)=O)OC3=O)C(=O)O4)OC2=O)=C(O)O1. The van der Waals surface area contributed by atoms with E-state index in [2.05, 4.69) is 0 Å². The van der Waals surface area contributed by atoms with Crippen LogP contribution in [-0.4, -0.2) is 94.3 Å². The summed E-state index contributed by atoms with van der Waals surface area (Å²) < 4.78 is 53.0. The molecule has 4 heterocycles. The molecular formula is C41H42O20. The van der Waals surface area contributed by atoms with Crippen molar-refractivity contribution in [2.75, 3.05) is 13.2 Å². The second kappa shape index (κ2) is 18.4. The molecule has 326 valence electrons. The van der Waals surface area contributed by atoms with Gasteiger partial charge in [-0.05, 0) is 24.3 Å². The van der Waals surface area contributed by atoms with Crippen molar-refractivity contribution in [1.82, 2.24) is 0 Å². The van der Waals surface area contributed by atoms with E-state index in [1.165, 1.54) is 63.3 Å². The number of ether oxygens (including phenoxy) is 10. The Morgan fingerprint density at radius 2 is 0.967 bits per heavy atom. The summed E-state index contributed by atoms with van der Waals surface area (Å²) in [6.45, 7) is 5.23. The third-order valence-corrected chi connectivity index (χ3v) is 9.54. The molecule has 0 aromatic rings. The minimum absolute atomic E-state index is 0.0188. The molecule has 61 heavy (non-hydrogen) atoms. The maximum atomic E-state index is 12.9. The fraction of sp³-hybridized carbons (Fsp3) is 0.415. The molecule has 4 aliphatic heterocycles. The number of allylic oxidation sites excluding steroid dienone is 8. The lowest BCUT2D eigenvalue weighted by molar-refractivity contribution is -0.291. The molecular weight excluding hydrogens is 812 g/mol. The van der Waals surface area contributed by atoms with Crippen LogP contribution in [0.15, 0.2) is 94.9 Å². The van der Waals surface area contributed by atoms with E-state index in [4.69, 9.17) is 47.4 Å². The lowest BCUT2D eigenvalue weighted by Gasteiger charge is -2.45. The maximum Gasteiger partial charge on any atom is 0.348 e. The second-order valence-electron chi connectivity index (χ2n) is 14.0. The number of carbonyl (C=O) groups excluding carboxylic acids is 8. The van der Waals surface area contributed by atoms with Crippen molar-refractivity contribution >= 4 is 47.8 Å². The van der Waals surface area contributed by atoms with Gasteiger partial charge in [0, 0.05) is 52.9 Å². The van der Waals surface area contributed by atoms with Gasteiger partial charge in [-0.1, -0.05) is 43.4 Å². The minimum Gasteiger partial charge on any atom is -0.480 e.